The number of fused-ring (bicyclic) bond motifs is 5. The fourth-order valence-corrected chi connectivity index (χ4v) is 5.40. The van der Waals surface area contributed by atoms with E-state index < -0.39 is 0 Å². The third-order valence-electron chi connectivity index (χ3n) is 6.57. The normalized spacial score (nSPS) is 16.9. The Bertz CT molecular complexity index is 984. The summed E-state index contributed by atoms with van der Waals surface area (Å²) >= 11 is 0. The van der Waals surface area contributed by atoms with Crippen LogP contribution >= 0.6 is 0 Å². The maximum Gasteiger partial charge on any atom is 0.411 e. The zero-order chi connectivity index (χ0) is 21.1. The van der Waals surface area contributed by atoms with Crippen LogP contribution < -0.4 is 0 Å². The van der Waals surface area contributed by atoms with Crippen LogP contribution in [0.4, 0.5) is 0 Å². The van der Waals surface area contributed by atoms with Crippen LogP contribution in [0.5, 0.6) is 0 Å². The number of aryl methyl sites for hydroxylation is 1. The maximum atomic E-state index is 4.65. The first kappa shape index (κ1) is 22.6. The molecule has 7 heteroatoms. The highest BCUT2D eigenvalue weighted by Crippen LogP contribution is 2.51. The Labute approximate surface area is 185 Å². The summed E-state index contributed by atoms with van der Waals surface area (Å²) in [5.41, 5.74) is 3.70. The molecule has 0 fully saturated rings. The summed E-state index contributed by atoms with van der Waals surface area (Å²) in [5.74, 6) is 0. The van der Waals surface area contributed by atoms with Gasteiger partial charge in [0.15, 0.2) is 0 Å². The molecule has 29 heavy (non-hydrogen) atoms. The molecule has 0 bridgehead atoms. The molecule has 0 aromatic heterocycles. The summed E-state index contributed by atoms with van der Waals surface area (Å²) in [7, 11) is 5.47. The van der Waals surface area contributed by atoms with E-state index in [1.54, 1.807) is 11.1 Å². The quantitative estimate of drug-likeness (QED) is 0.334. The Kier molecular flexibility index (Phi) is 7.31. The van der Waals surface area contributed by atoms with Gasteiger partial charge in [-0.3, -0.25) is 0 Å². The minimum absolute atomic E-state index is 0.00849. The summed E-state index contributed by atoms with van der Waals surface area (Å²) in [6, 6.07) is 18.1. The van der Waals surface area contributed by atoms with E-state index in [0.717, 1.165) is 0 Å². The highest BCUT2D eigenvalue weighted by Gasteiger charge is 2.42. The number of benzene rings is 3. The molecule has 1 aliphatic rings. The number of hydrogen-bond donors (Lipinski definition) is 0. The maximum absolute atomic E-state index is 4.65. The smallest absolute Gasteiger partial charge is 0.411 e. The zero-order valence-corrected chi connectivity index (χ0v) is 21.3. The van der Waals surface area contributed by atoms with E-state index in [0.29, 0.717) is 5.41 Å². The molecule has 0 saturated carbocycles. The third-order valence-corrected chi connectivity index (χ3v) is 7.90. The predicted octanol–water partition coefficient (Wildman–Crippen LogP) is 4.51. The minimum Gasteiger partial charge on any atom is -0.435 e. The first-order valence-corrected chi connectivity index (χ1v) is 12.0. The SMILES string of the molecule is CC1(C)CCc2c(ccc3c2ccc2ccccc23)C1(C)C.[Si]O[Si]O[Si]O[Si]. The van der Waals surface area contributed by atoms with Crippen molar-refractivity contribution in [2.75, 3.05) is 0 Å². The lowest BCUT2D eigenvalue weighted by atomic mass is 9.57. The van der Waals surface area contributed by atoms with Gasteiger partial charge >= 0.3 is 20.0 Å². The molecule has 0 N–H and O–H groups in total. The molecule has 3 nitrogen and oxygen atoms in total. The highest BCUT2D eigenvalue weighted by atomic mass is 28.4. The second-order valence-corrected chi connectivity index (χ2v) is 11.2. The van der Waals surface area contributed by atoms with Gasteiger partial charge in [-0.15, -0.1) is 0 Å². The third kappa shape index (κ3) is 4.51. The highest BCUT2D eigenvalue weighted by molar-refractivity contribution is 6.40. The van der Waals surface area contributed by atoms with E-state index >= 15 is 0 Å². The van der Waals surface area contributed by atoms with Gasteiger partial charge in [0, 0.05) is 0 Å². The van der Waals surface area contributed by atoms with Crippen LogP contribution in [0.25, 0.3) is 21.5 Å². The van der Waals surface area contributed by atoms with Gasteiger partial charge in [-0.1, -0.05) is 76.2 Å². The van der Waals surface area contributed by atoms with Gasteiger partial charge in [-0.25, -0.2) is 0 Å². The van der Waals surface area contributed by atoms with Crippen molar-refractivity contribution in [2.45, 2.75) is 46.0 Å². The second-order valence-electron chi connectivity index (χ2n) is 8.46. The van der Waals surface area contributed by atoms with Gasteiger partial charge in [0.1, 0.15) is 0 Å². The molecule has 0 amide bonds. The van der Waals surface area contributed by atoms with Gasteiger partial charge in [-0.2, -0.15) is 0 Å². The molecule has 0 aliphatic heterocycles. The summed E-state index contributed by atoms with van der Waals surface area (Å²) in [4.78, 5) is 0. The Morgan fingerprint density at radius 2 is 1.45 bits per heavy atom. The average molecular weight is 449 g/mol. The van der Waals surface area contributed by atoms with E-state index in [-0.39, 0.29) is 25.4 Å². The molecule has 0 atom stereocenters. The van der Waals surface area contributed by atoms with Crippen molar-refractivity contribution in [3.05, 3.63) is 59.7 Å². The van der Waals surface area contributed by atoms with Crippen LogP contribution in [0.15, 0.2) is 48.5 Å². The lowest BCUT2D eigenvalue weighted by Crippen LogP contribution is -2.41. The fraction of sp³-hybridized carbons (Fsp3) is 0.364. The van der Waals surface area contributed by atoms with Crippen LogP contribution in [0.3, 0.4) is 0 Å². The molecule has 0 heterocycles. The molecule has 146 valence electrons. The van der Waals surface area contributed by atoms with Gasteiger partial charge in [0.25, 0.3) is 0 Å². The molecule has 0 spiro atoms. The molecule has 10 radical (unpaired) electrons. The largest absolute Gasteiger partial charge is 0.435 e. The monoisotopic (exact) mass is 448 g/mol. The van der Waals surface area contributed by atoms with Crippen LogP contribution in [-0.2, 0) is 24.2 Å². The van der Waals surface area contributed by atoms with Crippen molar-refractivity contribution in [3.8, 4) is 0 Å². The van der Waals surface area contributed by atoms with Gasteiger partial charge < -0.3 is 12.3 Å². The molecule has 3 aromatic rings. The Hall–Kier alpha value is -1.07. The fourth-order valence-electron chi connectivity index (χ4n) is 4.18. The lowest BCUT2D eigenvalue weighted by molar-refractivity contribution is 0.166. The molecule has 0 unspecified atom stereocenters. The first-order valence-electron chi connectivity index (χ1n) is 9.58. The zero-order valence-electron chi connectivity index (χ0n) is 17.3. The van der Waals surface area contributed by atoms with Crippen molar-refractivity contribution in [1.82, 2.24) is 0 Å². The first-order chi connectivity index (χ1) is 13.8. The van der Waals surface area contributed by atoms with E-state index in [4.69, 9.17) is 0 Å². The van der Waals surface area contributed by atoms with Crippen LogP contribution in [0, 0.1) is 5.41 Å². The van der Waals surface area contributed by atoms with E-state index in [1.165, 1.54) is 34.4 Å². The van der Waals surface area contributed by atoms with Gasteiger partial charge in [-0.05, 0) is 56.3 Å². The molecular weight excluding hydrogens is 425 g/mol. The average Bonchev–Trinajstić information content (AvgIpc) is 2.71. The van der Waals surface area contributed by atoms with Gasteiger partial charge in [0.2, 0.25) is 21.0 Å². The summed E-state index contributed by atoms with van der Waals surface area (Å²) in [6.45, 7) is 9.66. The van der Waals surface area contributed by atoms with Gasteiger partial charge in [0.05, 0.1) is 0 Å². The van der Waals surface area contributed by atoms with E-state index in [1.807, 2.05) is 0 Å². The Morgan fingerprint density at radius 1 is 0.793 bits per heavy atom. The van der Waals surface area contributed by atoms with E-state index in [9.17, 15) is 0 Å². The predicted molar refractivity (Wildman–Crippen MR) is 123 cm³/mol. The Balaban J connectivity index is 0.000000298. The van der Waals surface area contributed by atoms with Crippen molar-refractivity contribution in [1.29, 1.82) is 0 Å². The molecule has 1 aliphatic carbocycles. The molecule has 4 rings (SSSR count). The summed E-state index contributed by atoms with van der Waals surface area (Å²) in [6.07, 6.45) is 2.46. The van der Waals surface area contributed by atoms with E-state index in [2.05, 4.69) is 110 Å². The van der Waals surface area contributed by atoms with Crippen molar-refractivity contribution in [3.63, 3.8) is 0 Å². The van der Waals surface area contributed by atoms with Crippen molar-refractivity contribution < 1.29 is 12.3 Å². The minimum atomic E-state index is -0.00849. The standard InChI is InChI=1S/C22H24.O3Si4/c1-21(2)14-13-19-18-10-9-15-7-5-6-8-16(15)17(18)11-12-20(19)22(21,3)4;4-1-6-3-7-2-5/h5-12H,13-14H2,1-4H3;. The van der Waals surface area contributed by atoms with Crippen LogP contribution in [0.2, 0.25) is 0 Å². The van der Waals surface area contributed by atoms with Crippen molar-refractivity contribution in [2.24, 2.45) is 5.41 Å². The summed E-state index contributed by atoms with van der Waals surface area (Å²) in [5, 5.41) is 5.59. The number of rotatable bonds is 4. The summed E-state index contributed by atoms with van der Waals surface area (Å²) < 4.78 is 13.4. The van der Waals surface area contributed by atoms with Crippen LogP contribution in [0.1, 0.15) is 45.2 Å². The molecule has 0 saturated heterocycles. The number of hydrogen-bond acceptors (Lipinski definition) is 3. The molecule has 3 aromatic carbocycles. The van der Waals surface area contributed by atoms with Crippen LogP contribution in [-0.4, -0.2) is 41.0 Å². The second kappa shape index (κ2) is 9.38. The lowest BCUT2D eigenvalue weighted by Gasteiger charge is -2.47. The molecular formula is C22H24O3Si4. The Morgan fingerprint density at radius 3 is 2.14 bits per heavy atom. The van der Waals surface area contributed by atoms with Crippen molar-refractivity contribution >= 4 is 62.5 Å². The topological polar surface area (TPSA) is 27.7 Å².